The Morgan fingerprint density at radius 1 is 1.26 bits per heavy atom. The molecule has 0 spiro atoms. The van der Waals surface area contributed by atoms with Crippen molar-refractivity contribution in [2.75, 3.05) is 13.1 Å². The molecule has 2 unspecified atom stereocenters. The predicted molar refractivity (Wildman–Crippen MR) is 81.9 cm³/mol. The third-order valence-corrected chi connectivity index (χ3v) is 4.28. The normalized spacial score (nSPS) is 24.8. The van der Waals surface area contributed by atoms with Gasteiger partial charge in [0.2, 0.25) is 0 Å². The van der Waals surface area contributed by atoms with Crippen LogP contribution in [0.3, 0.4) is 0 Å². The monoisotopic (exact) mass is 260 g/mol. The van der Waals surface area contributed by atoms with Crippen molar-refractivity contribution >= 4 is 0 Å². The van der Waals surface area contributed by atoms with Crippen molar-refractivity contribution in [2.24, 2.45) is 17.6 Å². The minimum Gasteiger partial charge on any atom is -0.330 e. The third-order valence-electron chi connectivity index (χ3n) is 4.28. The summed E-state index contributed by atoms with van der Waals surface area (Å²) in [5.41, 5.74) is 7.42. The van der Waals surface area contributed by atoms with Gasteiger partial charge in [-0.2, -0.15) is 0 Å². The lowest BCUT2D eigenvalue weighted by Gasteiger charge is -2.42. The number of hydrogen-bond donors (Lipinski definition) is 1. The summed E-state index contributed by atoms with van der Waals surface area (Å²) in [5, 5.41) is 0. The van der Waals surface area contributed by atoms with Crippen LogP contribution in [0.1, 0.15) is 38.7 Å². The van der Waals surface area contributed by atoms with Gasteiger partial charge in [0, 0.05) is 12.6 Å². The fraction of sp³-hybridized carbons (Fsp3) is 0.647. The Bertz CT molecular complexity index is 361. The number of rotatable bonds is 5. The Morgan fingerprint density at radius 2 is 2.00 bits per heavy atom. The molecular weight excluding hydrogens is 232 g/mol. The molecule has 0 amide bonds. The summed E-state index contributed by atoms with van der Waals surface area (Å²) in [6.45, 7) is 7.78. The van der Waals surface area contributed by atoms with Crippen LogP contribution >= 0.6 is 0 Å². The first-order valence-corrected chi connectivity index (χ1v) is 7.68. The number of piperidine rings is 1. The molecule has 1 aliphatic rings. The second kappa shape index (κ2) is 7.06. The Hall–Kier alpha value is -0.860. The van der Waals surface area contributed by atoms with E-state index >= 15 is 0 Å². The molecule has 2 rings (SSSR count). The summed E-state index contributed by atoms with van der Waals surface area (Å²) >= 11 is 0. The van der Waals surface area contributed by atoms with Gasteiger partial charge in [-0.15, -0.1) is 0 Å². The zero-order valence-electron chi connectivity index (χ0n) is 12.4. The minimum absolute atomic E-state index is 0.666. The van der Waals surface area contributed by atoms with Crippen molar-refractivity contribution in [2.45, 2.75) is 45.7 Å². The van der Waals surface area contributed by atoms with Crippen molar-refractivity contribution in [1.82, 2.24) is 4.90 Å². The molecule has 19 heavy (non-hydrogen) atoms. The van der Waals surface area contributed by atoms with Gasteiger partial charge < -0.3 is 5.73 Å². The van der Waals surface area contributed by atoms with Crippen LogP contribution in [0.2, 0.25) is 0 Å². The van der Waals surface area contributed by atoms with Crippen LogP contribution in [0.5, 0.6) is 0 Å². The fourth-order valence-electron chi connectivity index (χ4n) is 3.33. The van der Waals surface area contributed by atoms with Crippen LogP contribution in [-0.2, 0) is 6.54 Å². The van der Waals surface area contributed by atoms with Gasteiger partial charge in [-0.25, -0.2) is 0 Å². The molecule has 1 heterocycles. The molecule has 2 atom stereocenters. The minimum atomic E-state index is 0.666. The number of hydrogen-bond acceptors (Lipinski definition) is 2. The lowest BCUT2D eigenvalue weighted by atomic mass is 9.84. The van der Waals surface area contributed by atoms with Crippen molar-refractivity contribution in [3.05, 3.63) is 35.9 Å². The van der Waals surface area contributed by atoms with Gasteiger partial charge >= 0.3 is 0 Å². The zero-order chi connectivity index (χ0) is 13.7. The van der Waals surface area contributed by atoms with E-state index in [4.69, 9.17) is 5.73 Å². The first-order valence-electron chi connectivity index (χ1n) is 7.68. The summed E-state index contributed by atoms with van der Waals surface area (Å²) in [6, 6.07) is 11.5. The highest BCUT2D eigenvalue weighted by Crippen LogP contribution is 2.29. The molecule has 1 aromatic carbocycles. The Kier molecular flexibility index (Phi) is 5.41. The van der Waals surface area contributed by atoms with Gasteiger partial charge in [-0.3, -0.25) is 4.90 Å². The van der Waals surface area contributed by atoms with E-state index in [1.807, 2.05) is 0 Å². The Balaban J connectivity index is 2.06. The summed E-state index contributed by atoms with van der Waals surface area (Å²) in [6.07, 6.45) is 3.87. The molecule has 2 N–H and O–H groups in total. The smallest absolute Gasteiger partial charge is 0.0236 e. The molecular formula is C17H28N2. The fourth-order valence-corrected chi connectivity index (χ4v) is 3.33. The van der Waals surface area contributed by atoms with E-state index in [2.05, 4.69) is 49.1 Å². The first kappa shape index (κ1) is 14.5. The topological polar surface area (TPSA) is 29.3 Å². The molecule has 0 aliphatic carbocycles. The zero-order valence-corrected chi connectivity index (χ0v) is 12.4. The van der Waals surface area contributed by atoms with Crippen LogP contribution < -0.4 is 5.73 Å². The molecule has 2 nitrogen and oxygen atoms in total. The van der Waals surface area contributed by atoms with Gasteiger partial charge in [0.05, 0.1) is 0 Å². The largest absolute Gasteiger partial charge is 0.330 e. The number of benzene rings is 1. The molecule has 1 aromatic rings. The Morgan fingerprint density at radius 3 is 2.63 bits per heavy atom. The molecule has 0 bridgehead atoms. The third kappa shape index (κ3) is 4.05. The molecule has 2 heteroatoms. The van der Waals surface area contributed by atoms with E-state index in [1.54, 1.807) is 0 Å². The van der Waals surface area contributed by atoms with Crippen LogP contribution in [0.15, 0.2) is 30.3 Å². The van der Waals surface area contributed by atoms with Crippen molar-refractivity contribution in [3.63, 3.8) is 0 Å². The summed E-state index contributed by atoms with van der Waals surface area (Å²) in [7, 11) is 0. The maximum atomic E-state index is 6.00. The van der Waals surface area contributed by atoms with Crippen LogP contribution in [0, 0.1) is 11.8 Å². The SMILES string of the molecule is CC(C)CC1C(CN)CCCN1Cc1ccccc1. The molecule has 1 aliphatic heterocycles. The predicted octanol–water partition coefficient (Wildman–Crippen LogP) is 3.27. The van der Waals surface area contributed by atoms with E-state index in [1.165, 1.54) is 31.4 Å². The van der Waals surface area contributed by atoms with E-state index in [9.17, 15) is 0 Å². The van der Waals surface area contributed by atoms with E-state index < -0.39 is 0 Å². The maximum Gasteiger partial charge on any atom is 0.0236 e. The standard InChI is InChI=1S/C17H28N2/c1-14(2)11-17-16(12-18)9-6-10-19(17)13-15-7-4-3-5-8-15/h3-5,7-8,14,16-17H,6,9-13,18H2,1-2H3. The average Bonchev–Trinajstić information content (AvgIpc) is 2.41. The van der Waals surface area contributed by atoms with Gasteiger partial charge in [-0.05, 0) is 49.8 Å². The second-order valence-electron chi connectivity index (χ2n) is 6.29. The van der Waals surface area contributed by atoms with Crippen LogP contribution in [0.25, 0.3) is 0 Å². The number of nitrogens with zero attached hydrogens (tertiary/aromatic N) is 1. The Labute approximate surface area is 118 Å². The van der Waals surface area contributed by atoms with E-state index in [0.29, 0.717) is 12.0 Å². The van der Waals surface area contributed by atoms with Crippen LogP contribution in [-0.4, -0.2) is 24.0 Å². The maximum absolute atomic E-state index is 6.00. The lowest BCUT2D eigenvalue weighted by molar-refractivity contribution is 0.0732. The summed E-state index contributed by atoms with van der Waals surface area (Å²) in [5.74, 6) is 1.43. The van der Waals surface area contributed by atoms with Gasteiger partial charge in [0.15, 0.2) is 0 Å². The quantitative estimate of drug-likeness (QED) is 0.880. The molecule has 0 saturated carbocycles. The van der Waals surface area contributed by atoms with E-state index in [0.717, 1.165) is 19.0 Å². The highest BCUT2D eigenvalue weighted by molar-refractivity contribution is 5.14. The summed E-state index contributed by atoms with van der Waals surface area (Å²) in [4.78, 5) is 2.66. The van der Waals surface area contributed by atoms with Gasteiger partial charge in [-0.1, -0.05) is 44.2 Å². The second-order valence-corrected chi connectivity index (χ2v) is 6.29. The molecule has 1 fully saturated rings. The van der Waals surface area contributed by atoms with Gasteiger partial charge in [0.1, 0.15) is 0 Å². The molecule has 0 radical (unpaired) electrons. The number of likely N-dealkylation sites (tertiary alicyclic amines) is 1. The van der Waals surface area contributed by atoms with Crippen LogP contribution in [0.4, 0.5) is 0 Å². The summed E-state index contributed by atoms with van der Waals surface area (Å²) < 4.78 is 0. The van der Waals surface area contributed by atoms with Crippen molar-refractivity contribution < 1.29 is 0 Å². The molecule has 0 aromatic heterocycles. The highest BCUT2D eigenvalue weighted by atomic mass is 15.2. The molecule has 106 valence electrons. The van der Waals surface area contributed by atoms with Crippen molar-refractivity contribution in [3.8, 4) is 0 Å². The molecule has 1 saturated heterocycles. The van der Waals surface area contributed by atoms with Gasteiger partial charge in [0.25, 0.3) is 0 Å². The first-order chi connectivity index (χ1) is 9.20. The van der Waals surface area contributed by atoms with E-state index in [-0.39, 0.29) is 0 Å². The van der Waals surface area contributed by atoms with Crippen molar-refractivity contribution in [1.29, 1.82) is 0 Å². The average molecular weight is 260 g/mol. The number of nitrogens with two attached hydrogens (primary N) is 1. The highest BCUT2D eigenvalue weighted by Gasteiger charge is 2.30. The lowest BCUT2D eigenvalue weighted by Crippen LogP contribution is -2.47.